The molecule has 0 aromatic heterocycles. The Morgan fingerprint density at radius 3 is 1.11 bits per heavy atom. The molecule has 0 spiro atoms. The lowest BCUT2D eigenvalue weighted by Gasteiger charge is -2.26. The molecular formula is C70H136N2O6P+. The molecule has 0 radical (unpaired) electrons. The van der Waals surface area contributed by atoms with Crippen molar-refractivity contribution in [2.45, 2.75) is 353 Å². The molecule has 9 heteroatoms. The van der Waals surface area contributed by atoms with Gasteiger partial charge < -0.3 is 19.8 Å². The molecule has 1 amide bonds. The van der Waals surface area contributed by atoms with Crippen molar-refractivity contribution in [3.05, 3.63) is 48.6 Å². The summed E-state index contributed by atoms with van der Waals surface area (Å²) in [7, 11) is 1.62. The zero-order valence-electron chi connectivity index (χ0n) is 53.4. The van der Waals surface area contributed by atoms with Crippen molar-refractivity contribution in [1.29, 1.82) is 0 Å². The van der Waals surface area contributed by atoms with E-state index in [4.69, 9.17) is 9.05 Å². The highest BCUT2D eigenvalue weighted by molar-refractivity contribution is 7.47. The van der Waals surface area contributed by atoms with Crippen molar-refractivity contribution in [1.82, 2.24) is 5.32 Å². The Morgan fingerprint density at radius 2 is 0.759 bits per heavy atom. The molecular weight excluding hydrogens is 996 g/mol. The fourth-order valence-electron chi connectivity index (χ4n) is 10.5. The molecule has 0 aliphatic rings. The molecule has 0 fully saturated rings. The van der Waals surface area contributed by atoms with E-state index in [9.17, 15) is 19.4 Å². The second-order valence-electron chi connectivity index (χ2n) is 24.9. The van der Waals surface area contributed by atoms with Crippen LogP contribution in [0.15, 0.2) is 48.6 Å². The minimum atomic E-state index is -4.33. The highest BCUT2D eigenvalue weighted by Gasteiger charge is 2.28. The molecule has 0 aliphatic heterocycles. The molecule has 8 nitrogen and oxygen atoms in total. The van der Waals surface area contributed by atoms with Gasteiger partial charge in [0.15, 0.2) is 0 Å². The van der Waals surface area contributed by atoms with E-state index in [-0.39, 0.29) is 19.1 Å². The van der Waals surface area contributed by atoms with E-state index in [0.717, 1.165) is 64.2 Å². The van der Waals surface area contributed by atoms with Gasteiger partial charge in [-0.3, -0.25) is 13.8 Å². The van der Waals surface area contributed by atoms with Gasteiger partial charge in [0.25, 0.3) is 0 Å². The number of unbranched alkanes of at least 4 members (excludes halogenated alkanes) is 43. The Hall–Kier alpha value is -1.54. The van der Waals surface area contributed by atoms with Gasteiger partial charge in [-0.05, 0) is 51.4 Å². The molecule has 0 heterocycles. The third kappa shape index (κ3) is 63.9. The van der Waals surface area contributed by atoms with Crippen LogP contribution < -0.4 is 5.32 Å². The van der Waals surface area contributed by atoms with Gasteiger partial charge in [0.05, 0.1) is 39.9 Å². The number of phosphoric ester groups is 1. The Bertz CT molecular complexity index is 1430. The summed E-state index contributed by atoms with van der Waals surface area (Å²) in [6.07, 6.45) is 82.1. The summed E-state index contributed by atoms with van der Waals surface area (Å²) in [5.74, 6) is -0.143. The van der Waals surface area contributed by atoms with Crippen LogP contribution in [0.1, 0.15) is 341 Å². The van der Waals surface area contributed by atoms with Gasteiger partial charge in [0.2, 0.25) is 5.91 Å². The second kappa shape index (κ2) is 61.0. The summed E-state index contributed by atoms with van der Waals surface area (Å²) in [4.78, 5) is 23.4. The van der Waals surface area contributed by atoms with Gasteiger partial charge in [-0.1, -0.05) is 332 Å². The van der Waals surface area contributed by atoms with E-state index in [0.29, 0.717) is 23.9 Å². The molecule has 3 atom stereocenters. The van der Waals surface area contributed by atoms with Gasteiger partial charge >= 0.3 is 7.82 Å². The zero-order valence-corrected chi connectivity index (χ0v) is 54.3. The first-order valence-corrected chi connectivity index (χ1v) is 36.0. The molecule has 0 aromatic rings. The molecule has 0 saturated heterocycles. The number of hydrogen-bond donors (Lipinski definition) is 3. The lowest BCUT2D eigenvalue weighted by Crippen LogP contribution is -2.46. The van der Waals surface area contributed by atoms with Crippen LogP contribution in [0.2, 0.25) is 0 Å². The van der Waals surface area contributed by atoms with Gasteiger partial charge in [0.1, 0.15) is 13.2 Å². The number of amides is 1. The first-order chi connectivity index (χ1) is 38.5. The largest absolute Gasteiger partial charge is 0.472 e. The van der Waals surface area contributed by atoms with Crippen LogP contribution in [0.5, 0.6) is 0 Å². The van der Waals surface area contributed by atoms with Crippen LogP contribution in [-0.4, -0.2) is 73.4 Å². The van der Waals surface area contributed by atoms with Crippen LogP contribution in [0.25, 0.3) is 0 Å². The topological polar surface area (TPSA) is 105 Å². The molecule has 79 heavy (non-hydrogen) atoms. The molecule has 3 unspecified atom stereocenters. The third-order valence-electron chi connectivity index (χ3n) is 15.8. The fourth-order valence-corrected chi connectivity index (χ4v) is 11.2. The first kappa shape index (κ1) is 77.5. The van der Waals surface area contributed by atoms with Crippen LogP contribution in [0.4, 0.5) is 0 Å². The predicted molar refractivity (Wildman–Crippen MR) is 346 cm³/mol. The average molecular weight is 1130 g/mol. The third-order valence-corrected chi connectivity index (χ3v) is 16.8. The van der Waals surface area contributed by atoms with Crippen molar-refractivity contribution in [2.75, 3.05) is 40.9 Å². The number of likely N-dealkylation sites (N-methyl/N-ethyl adjacent to an activating group) is 1. The van der Waals surface area contributed by atoms with Gasteiger partial charge in [-0.15, -0.1) is 0 Å². The standard InChI is InChI=1S/C70H135N2O6P/c1-6-8-10-12-14-16-18-20-22-24-26-28-30-32-33-34-35-36-37-38-40-41-43-45-47-49-51-53-55-57-59-61-63-69(73)68(67-78-79(75,76)77-66-65-72(3,4)5)71-70(74)64-62-60-58-56-54-52-50-48-46-44-42-39-31-29-27-25-23-21-19-17-15-13-11-9-7-2/h9,11,15,17,21,23,27,29,68-69,73H,6-8,10,12-14,16,18-20,22,24-26,28,30-67H2,1-5H3,(H-,71,74,75,76)/p+1/b11-9-,17-15-,23-21-,29-27-. The highest BCUT2D eigenvalue weighted by atomic mass is 31.2. The lowest BCUT2D eigenvalue weighted by molar-refractivity contribution is -0.870. The van der Waals surface area contributed by atoms with E-state index in [2.05, 4.69) is 67.8 Å². The summed E-state index contributed by atoms with van der Waals surface area (Å²) in [6.45, 7) is 4.82. The molecule has 466 valence electrons. The first-order valence-electron chi connectivity index (χ1n) is 34.5. The number of nitrogens with zero attached hydrogens (tertiary/aromatic N) is 1. The Labute approximate surface area is 492 Å². The number of aliphatic hydroxyl groups excluding tert-OH is 1. The normalized spacial score (nSPS) is 14.0. The summed E-state index contributed by atoms with van der Waals surface area (Å²) >= 11 is 0. The van der Waals surface area contributed by atoms with E-state index >= 15 is 0 Å². The van der Waals surface area contributed by atoms with Crippen LogP contribution >= 0.6 is 7.82 Å². The average Bonchev–Trinajstić information content (AvgIpc) is 3.42. The summed E-state index contributed by atoms with van der Waals surface area (Å²) < 4.78 is 23.9. The zero-order chi connectivity index (χ0) is 57.7. The maximum absolute atomic E-state index is 13.1. The van der Waals surface area contributed by atoms with E-state index in [1.807, 2.05) is 21.1 Å². The predicted octanol–water partition coefficient (Wildman–Crippen LogP) is 21.8. The number of allylic oxidation sites excluding steroid dienone is 8. The van der Waals surface area contributed by atoms with Crippen LogP contribution in [-0.2, 0) is 18.4 Å². The summed E-state index contributed by atoms with van der Waals surface area (Å²) in [6, 6.07) is -0.765. The van der Waals surface area contributed by atoms with Crippen molar-refractivity contribution in [2.24, 2.45) is 0 Å². The SMILES string of the molecule is CC/C=C\C/C=C\C/C=C\C/C=C\CCCCCCCCCCCCCCC(=O)NC(COP(=O)(O)OCC[N+](C)(C)C)C(O)CCCCCCCCCCCCCCCCCCCCCCCCCCCCCCCCCC. The van der Waals surface area contributed by atoms with E-state index in [1.165, 1.54) is 250 Å². The Morgan fingerprint density at radius 1 is 0.443 bits per heavy atom. The number of aliphatic hydroxyl groups is 1. The number of phosphoric acid groups is 1. The monoisotopic (exact) mass is 1130 g/mol. The molecule has 3 N–H and O–H groups in total. The Kier molecular flexibility index (Phi) is 59.8. The molecule has 0 saturated carbocycles. The number of nitrogens with one attached hydrogen (secondary N) is 1. The van der Waals surface area contributed by atoms with Crippen LogP contribution in [0, 0.1) is 0 Å². The van der Waals surface area contributed by atoms with Crippen molar-refractivity contribution < 1.29 is 32.9 Å². The minimum absolute atomic E-state index is 0.0742. The number of carbonyl (C=O) groups is 1. The quantitative estimate of drug-likeness (QED) is 0.0243. The maximum atomic E-state index is 13.1. The van der Waals surface area contributed by atoms with Gasteiger partial charge in [-0.25, -0.2) is 4.57 Å². The number of rotatable bonds is 64. The Balaban J connectivity index is 4.02. The molecule has 0 aromatic carbocycles. The number of carbonyl (C=O) groups excluding carboxylic acids is 1. The number of quaternary nitrogens is 1. The molecule has 0 bridgehead atoms. The van der Waals surface area contributed by atoms with Crippen molar-refractivity contribution in [3.8, 4) is 0 Å². The fraction of sp³-hybridized carbons (Fsp3) is 0.871. The maximum Gasteiger partial charge on any atom is 0.472 e. The van der Waals surface area contributed by atoms with Crippen molar-refractivity contribution in [3.63, 3.8) is 0 Å². The van der Waals surface area contributed by atoms with Crippen molar-refractivity contribution >= 4 is 13.7 Å². The van der Waals surface area contributed by atoms with E-state index in [1.54, 1.807) is 0 Å². The molecule has 0 rings (SSSR count). The second-order valence-corrected chi connectivity index (χ2v) is 26.3. The van der Waals surface area contributed by atoms with Crippen LogP contribution in [0.3, 0.4) is 0 Å². The van der Waals surface area contributed by atoms with E-state index < -0.39 is 20.0 Å². The number of hydrogen-bond acceptors (Lipinski definition) is 5. The lowest BCUT2D eigenvalue weighted by atomic mass is 10.0. The summed E-state index contributed by atoms with van der Waals surface area (Å²) in [5.41, 5.74) is 0. The minimum Gasteiger partial charge on any atom is -0.391 e. The van der Waals surface area contributed by atoms with Gasteiger partial charge in [-0.2, -0.15) is 0 Å². The van der Waals surface area contributed by atoms with Gasteiger partial charge in [0, 0.05) is 6.42 Å². The highest BCUT2D eigenvalue weighted by Crippen LogP contribution is 2.43. The summed E-state index contributed by atoms with van der Waals surface area (Å²) in [5, 5.41) is 14.1. The smallest absolute Gasteiger partial charge is 0.391 e. The molecule has 0 aliphatic carbocycles.